The predicted molar refractivity (Wildman–Crippen MR) is 78.8 cm³/mol. The molecule has 6 heteroatoms. The highest BCUT2D eigenvalue weighted by molar-refractivity contribution is 5.91. The maximum atomic E-state index is 11.0. The first-order chi connectivity index (χ1) is 10.1. The van der Waals surface area contributed by atoms with Gasteiger partial charge in [0.2, 0.25) is 0 Å². The van der Waals surface area contributed by atoms with Gasteiger partial charge in [-0.3, -0.25) is 5.84 Å². The molecular weight excluding hydrogens is 272 g/mol. The number of hydrogen-bond donors (Lipinski definition) is 3. The molecule has 6 nitrogen and oxygen atoms in total. The van der Waals surface area contributed by atoms with Crippen LogP contribution in [-0.2, 0) is 4.79 Å². The molecule has 0 spiro atoms. The van der Waals surface area contributed by atoms with E-state index in [-0.39, 0.29) is 11.8 Å². The van der Waals surface area contributed by atoms with E-state index in [1.165, 1.54) is 18.9 Å². The van der Waals surface area contributed by atoms with Crippen LogP contribution in [0.5, 0.6) is 11.5 Å². The fraction of sp³-hybridized carbons (Fsp3) is 0.400. The van der Waals surface area contributed by atoms with Gasteiger partial charge in [0, 0.05) is 0 Å². The number of carboxylic acids is 1. The Bertz CT molecular complexity index is 536. The molecule has 0 aliphatic heterocycles. The number of carbonyl (C=O) groups is 1. The first kappa shape index (κ1) is 15.2. The molecule has 2 rings (SSSR count). The minimum absolute atomic E-state index is 0.0908. The van der Waals surface area contributed by atoms with Crippen molar-refractivity contribution in [1.29, 1.82) is 0 Å². The summed E-state index contributed by atoms with van der Waals surface area (Å²) < 4.78 is 11.2. The Morgan fingerprint density at radius 1 is 1.38 bits per heavy atom. The van der Waals surface area contributed by atoms with Crippen LogP contribution in [0.2, 0.25) is 0 Å². The van der Waals surface area contributed by atoms with Crippen molar-refractivity contribution in [1.82, 2.24) is 5.43 Å². The Morgan fingerprint density at radius 3 is 2.67 bits per heavy atom. The fourth-order valence-electron chi connectivity index (χ4n) is 2.39. The third-order valence-corrected chi connectivity index (χ3v) is 3.48. The summed E-state index contributed by atoms with van der Waals surface area (Å²) in [4.78, 5) is 11.0. The van der Waals surface area contributed by atoms with Gasteiger partial charge < -0.3 is 20.0 Å². The van der Waals surface area contributed by atoms with Gasteiger partial charge in [-0.1, -0.05) is 6.07 Å². The Kier molecular flexibility index (Phi) is 5.05. The zero-order valence-electron chi connectivity index (χ0n) is 12.0. The molecule has 0 amide bonds. The van der Waals surface area contributed by atoms with E-state index in [0.717, 1.165) is 12.8 Å². The number of carboxylic acid groups (broad SMARTS) is 1. The van der Waals surface area contributed by atoms with E-state index in [9.17, 15) is 4.79 Å². The van der Waals surface area contributed by atoms with Crippen LogP contribution in [-0.4, -0.2) is 24.3 Å². The molecule has 1 aliphatic carbocycles. The summed E-state index contributed by atoms with van der Waals surface area (Å²) in [6.45, 7) is 0. The summed E-state index contributed by atoms with van der Waals surface area (Å²) in [5, 5.41) is 8.97. The van der Waals surface area contributed by atoms with Gasteiger partial charge in [0.25, 0.3) is 0 Å². The van der Waals surface area contributed by atoms with E-state index in [0.29, 0.717) is 17.1 Å². The van der Waals surface area contributed by atoms with Gasteiger partial charge in [-0.15, -0.1) is 0 Å². The van der Waals surface area contributed by atoms with Crippen LogP contribution in [0.4, 0.5) is 0 Å². The lowest BCUT2D eigenvalue weighted by atomic mass is 10.1. The number of nitrogens with one attached hydrogen (secondary N) is 1. The van der Waals surface area contributed by atoms with Crippen molar-refractivity contribution in [2.75, 3.05) is 7.11 Å². The highest BCUT2D eigenvalue weighted by Gasteiger charge is 2.18. The summed E-state index contributed by atoms with van der Waals surface area (Å²) in [5.41, 5.74) is 2.75. The molecule has 1 aromatic rings. The van der Waals surface area contributed by atoms with Crippen molar-refractivity contribution in [3.63, 3.8) is 0 Å². The molecule has 1 aromatic carbocycles. The van der Waals surface area contributed by atoms with Crippen LogP contribution >= 0.6 is 0 Å². The molecule has 0 unspecified atom stereocenters. The topological polar surface area (TPSA) is 93.8 Å². The maximum absolute atomic E-state index is 11.0. The number of ether oxygens (including phenoxy) is 2. The first-order valence-corrected chi connectivity index (χ1v) is 6.90. The number of methoxy groups -OCH3 is 1. The minimum atomic E-state index is -1.12. The molecule has 0 atom stereocenters. The van der Waals surface area contributed by atoms with Crippen LogP contribution < -0.4 is 20.7 Å². The average Bonchev–Trinajstić information content (AvgIpc) is 2.97. The molecule has 1 saturated carbocycles. The molecule has 4 N–H and O–H groups in total. The summed E-state index contributed by atoms with van der Waals surface area (Å²) >= 11 is 0. The summed E-state index contributed by atoms with van der Waals surface area (Å²) in [5.74, 6) is 5.33. The number of hydrazine groups is 1. The van der Waals surface area contributed by atoms with Gasteiger partial charge in [-0.25, -0.2) is 4.79 Å². The lowest BCUT2D eigenvalue weighted by Crippen LogP contribution is -2.26. The number of nitrogens with two attached hydrogens (primary N) is 1. The predicted octanol–water partition coefficient (Wildman–Crippen LogP) is 1.91. The van der Waals surface area contributed by atoms with Gasteiger partial charge in [0.1, 0.15) is 5.70 Å². The number of benzene rings is 1. The van der Waals surface area contributed by atoms with Gasteiger partial charge in [-0.05, 0) is 49.5 Å². The Hall–Kier alpha value is -2.21. The number of hydrogen-bond acceptors (Lipinski definition) is 5. The zero-order chi connectivity index (χ0) is 15.2. The summed E-state index contributed by atoms with van der Waals surface area (Å²) in [6, 6.07) is 5.27. The number of aliphatic carboxylic acids is 1. The van der Waals surface area contributed by atoms with E-state index in [1.807, 2.05) is 0 Å². The van der Waals surface area contributed by atoms with Crippen molar-refractivity contribution in [2.24, 2.45) is 5.84 Å². The Labute approximate surface area is 123 Å². The van der Waals surface area contributed by atoms with Crippen molar-refractivity contribution in [3.05, 3.63) is 29.5 Å². The van der Waals surface area contributed by atoms with Crippen LogP contribution in [0.15, 0.2) is 23.9 Å². The van der Waals surface area contributed by atoms with Crippen molar-refractivity contribution < 1.29 is 19.4 Å². The average molecular weight is 292 g/mol. The SMILES string of the molecule is COc1ccc(/C=C(/NN)C(=O)O)cc1OC1CCCC1. The maximum Gasteiger partial charge on any atom is 0.353 e. The van der Waals surface area contributed by atoms with Crippen molar-refractivity contribution >= 4 is 12.0 Å². The van der Waals surface area contributed by atoms with Crippen LogP contribution in [0.25, 0.3) is 6.08 Å². The standard InChI is InChI=1S/C15H20N2O4/c1-20-13-7-6-10(8-12(17-16)15(18)19)9-14(13)21-11-4-2-3-5-11/h6-9,11,17H,2-5,16H2,1H3,(H,18,19)/b12-8+. The van der Waals surface area contributed by atoms with Gasteiger partial charge in [-0.2, -0.15) is 0 Å². The molecule has 0 saturated heterocycles. The first-order valence-electron chi connectivity index (χ1n) is 6.90. The summed E-state index contributed by atoms with van der Waals surface area (Å²) in [6.07, 6.45) is 6.06. The van der Waals surface area contributed by atoms with E-state index in [2.05, 4.69) is 5.43 Å². The van der Waals surface area contributed by atoms with Crippen LogP contribution in [0.1, 0.15) is 31.2 Å². The largest absolute Gasteiger partial charge is 0.493 e. The minimum Gasteiger partial charge on any atom is -0.493 e. The third-order valence-electron chi connectivity index (χ3n) is 3.48. The molecule has 0 aromatic heterocycles. The summed E-state index contributed by atoms with van der Waals surface area (Å²) in [7, 11) is 1.58. The van der Waals surface area contributed by atoms with E-state index >= 15 is 0 Å². The Morgan fingerprint density at radius 2 is 2.10 bits per heavy atom. The van der Waals surface area contributed by atoms with Crippen LogP contribution in [0, 0.1) is 0 Å². The van der Waals surface area contributed by atoms with E-state index in [1.54, 1.807) is 25.3 Å². The van der Waals surface area contributed by atoms with E-state index < -0.39 is 5.97 Å². The lowest BCUT2D eigenvalue weighted by molar-refractivity contribution is -0.133. The highest BCUT2D eigenvalue weighted by atomic mass is 16.5. The number of rotatable bonds is 6. The normalized spacial score (nSPS) is 15.8. The second kappa shape index (κ2) is 6.99. The van der Waals surface area contributed by atoms with Crippen molar-refractivity contribution in [2.45, 2.75) is 31.8 Å². The molecule has 1 aliphatic rings. The monoisotopic (exact) mass is 292 g/mol. The fourth-order valence-corrected chi connectivity index (χ4v) is 2.39. The van der Waals surface area contributed by atoms with Crippen molar-refractivity contribution in [3.8, 4) is 11.5 Å². The second-order valence-corrected chi connectivity index (χ2v) is 4.94. The Balaban J connectivity index is 2.25. The van der Waals surface area contributed by atoms with Crippen LogP contribution in [0.3, 0.4) is 0 Å². The molecule has 0 radical (unpaired) electrons. The smallest absolute Gasteiger partial charge is 0.353 e. The quantitative estimate of drug-likeness (QED) is 0.421. The molecule has 114 valence electrons. The third kappa shape index (κ3) is 3.88. The van der Waals surface area contributed by atoms with E-state index in [4.69, 9.17) is 20.4 Å². The van der Waals surface area contributed by atoms with Gasteiger partial charge >= 0.3 is 5.97 Å². The molecule has 0 bridgehead atoms. The second-order valence-electron chi connectivity index (χ2n) is 4.94. The van der Waals surface area contributed by atoms with Gasteiger partial charge in [0.05, 0.1) is 13.2 Å². The molecule has 1 fully saturated rings. The van der Waals surface area contributed by atoms with Gasteiger partial charge in [0.15, 0.2) is 11.5 Å². The molecule has 21 heavy (non-hydrogen) atoms. The lowest BCUT2D eigenvalue weighted by Gasteiger charge is -2.16. The molecular formula is C15H20N2O4. The molecule has 0 heterocycles. The zero-order valence-corrected chi connectivity index (χ0v) is 12.0. The highest BCUT2D eigenvalue weighted by Crippen LogP contribution is 2.32.